The maximum atomic E-state index is 5.70. The highest BCUT2D eigenvalue weighted by Crippen LogP contribution is 2.24. The number of hydrogen-bond donors (Lipinski definition) is 15. The van der Waals surface area contributed by atoms with Crippen LogP contribution in [0.15, 0.2) is 207 Å². The topological polar surface area (TPSA) is 495 Å². The molecule has 0 amide bonds. The second-order valence-electron chi connectivity index (χ2n) is 32.3. The van der Waals surface area contributed by atoms with Crippen LogP contribution in [-0.4, -0.2) is 258 Å². The Labute approximate surface area is 749 Å². The summed E-state index contributed by atoms with van der Waals surface area (Å²) in [6, 6.07) is 8.08. The minimum Gasteiger partial charge on any atom is -0.469 e. The second kappa shape index (κ2) is 49.4. The molecule has 127 heavy (non-hydrogen) atoms. The summed E-state index contributed by atoms with van der Waals surface area (Å²) in [5, 5.41) is 30.8. The van der Waals surface area contributed by atoms with Gasteiger partial charge in [0.25, 0.3) is 0 Å². The van der Waals surface area contributed by atoms with Crippen LogP contribution >= 0.6 is 0 Å². The van der Waals surface area contributed by atoms with Gasteiger partial charge < -0.3 is 108 Å². The Morgan fingerprint density at radius 3 is 1.33 bits per heavy atom. The van der Waals surface area contributed by atoms with Gasteiger partial charge >= 0.3 is 0 Å². The monoisotopic (exact) mass is 1750 g/mol. The zero-order chi connectivity index (χ0) is 92.4. The Balaban J connectivity index is 0.000000183. The van der Waals surface area contributed by atoms with E-state index in [1.807, 2.05) is 176 Å². The van der Waals surface area contributed by atoms with Crippen LogP contribution in [0.3, 0.4) is 0 Å². The number of hydrogen-bond acceptors (Lipinski definition) is 35. The fourth-order valence-corrected chi connectivity index (χ4v) is 13.6. The van der Waals surface area contributed by atoms with Gasteiger partial charge in [-0.05, 0) is 224 Å². The molecule has 20 N–H and O–H groups in total. The van der Waals surface area contributed by atoms with Crippen molar-refractivity contribution in [3.8, 4) is 0 Å². The molecule has 0 bridgehead atoms. The quantitative estimate of drug-likeness (QED) is 0.0422. The number of nitrogens with one attached hydrogen (secondary N) is 10. The first kappa shape index (κ1) is 99.2. The highest BCUT2D eigenvalue weighted by atomic mass is 16.3. The van der Waals surface area contributed by atoms with Crippen molar-refractivity contribution in [1.29, 1.82) is 0 Å². The molecule has 0 saturated heterocycles. The maximum absolute atomic E-state index is 5.70. The van der Waals surface area contributed by atoms with E-state index in [0.717, 1.165) is 168 Å². The lowest BCUT2D eigenvalue weighted by Gasteiger charge is -2.29. The molecule has 7 atom stereocenters. The van der Waals surface area contributed by atoms with Gasteiger partial charge in [-0.3, -0.25) is 31.3 Å². The van der Waals surface area contributed by atoms with E-state index >= 15 is 0 Å². The molecule has 11 heterocycles. The minimum absolute atomic E-state index is 0.00715. The van der Waals surface area contributed by atoms with Crippen LogP contribution < -0.4 is 81.8 Å². The molecule has 0 radical (unpaired) electrons. The van der Waals surface area contributed by atoms with E-state index < -0.39 is 0 Å². The zero-order valence-corrected chi connectivity index (χ0v) is 78.6. The van der Waals surface area contributed by atoms with Gasteiger partial charge in [0.1, 0.15) is 60.0 Å². The highest BCUT2D eigenvalue weighted by molar-refractivity contribution is 6.02. The van der Waals surface area contributed by atoms with Crippen LogP contribution in [-0.2, 0) is 25.7 Å². The van der Waals surface area contributed by atoms with E-state index in [4.69, 9.17) is 46.3 Å². The van der Waals surface area contributed by atoms with Gasteiger partial charge in [-0.2, -0.15) is 15.0 Å². The van der Waals surface area contributed by atoms with Crippen molar-refractivity contribution in [2.45, 2.75) is 204 Å². The Bertz CT molecular complexity index is 4940. The molecule has 4 aromatic heterocycles. The molecule has 4 aromatic rings. The molecular formula is C88H141N35O4. The van der Waals surface area contributed by atoms with Gasteiger partial charge in [0.05, 0.1) is 31.2 Å². The molecule has 0 saturated carbocycles. The Morgan fingerprint density at radius 1 is 0.402 bits per heavy atom. The van der Waals surface area contributed by atoms with E-state index in [1.165, 1.54) is 50.1 Å². The van der Waals surface area contributed by atoms with Crippen molar-refractivity contribution in [1.82, 2.24) is 82.6 Å². The summed E-state index contributed by atoms with van der Waals surface area (Å²) in [4.78, 5) is 72.5. The molecule has 10 aliphatic rings. The number of likely N-dealkylation sites (N-methyl/N-ethyl adjacent to an activating group) is 3. The number of furan rings is 4. The van der Waals surface area contributed by atoms with E-state index in [0.29, 0.717) is 54.2 Å². The first-order chi connectivity index (χ1) is 60.5. The molecule has 39 nitrogen and oxygen atoms in total. The molecular weight excluding hydrogens is 1610 g/mol. The third-order valence-electron chi connectivity index (χ3n) is 20.7. The third kappa shape index (κ3) is 34.3. The maximum Gasteiger partial charge on any atom is 0.225 e. The van der Waals surface area contributed by atoms with Gasteiger partial charge in [-0.1, -0.05) is 53.2 Å². The van der Waals surface area contributed by atoms with Crippen LogP contribution in [0.25, 0.3) is 0 Å². The first-order valence-corrected chi connectivity index (χ1v) is 43.4. The summed E-state index contributed by atoms with van der Waals surface area (Å²) >= 11 is 0. The summed E-state index contributed by atoms with van der Waals surface area (Å²) in [5.74, 6) is 12.7. The van der Waals surface area contributed by atoms with E-state index in [1.54, 1.807) is 25.1 Å². The molecule has 0 aromatic carbocycles. The standard InChI is InChI=1S/C14H23N5O.C14H23N5.C13H21N5.2C12H19N5O.C12H19N5.C11H17N5O/c1-10-12(7-9-20-10)6-8-19(5)14-16-11(2)15-13(17-14)18(3)4;1-10-6-5-7-12(10)8-9-15-13-16-11(2)17-14(18-13)19(3)4;1-9-5-4-6-11(9)7-8-18(3)13-16-10(2)15-12(14)17-13;1-8-10(5-7-18-8)4-6-17(3)12-15-9(2)14-11(13)16-12;1-8-6-10(7-18-8)4-5-17(3)12-15-9(2)14-11(13)16-12;1-8-4-3-5-10(8)6-7-14-12-16-9(2)15-11(13)17-12;1-7-5-9(6-17-7)3-4-13-11-15-8(2)14-10(12)16-11/h7,9,11H,6,8H2,1-5H3,(H,15,16,17);6-7,11H,5,8-9H2,1-4H3,(H2,15,16,17,18);5-6,10H,4,7-8H2,1-3H3,(H3,14,15,16,17);5,7,9H,4,6H2,1-3H3,(H3,13,14,15,16);6-7,9H,4-5H2,1-3H3,(H3,13,14,15,16);4-5,9H,3,6-7H2,1-2H3,(H4,13,14,15,16,17);5-6,8H,3-4H2,1-2H3,(H4,12,13,14,15,16). The predicted octanol–water partition coefficient (Wildman–Crippen LogP) is 6.52. The van der Waals surface area contributed by atoms with Crippen LogP contribution in [0.2, 0.25) is 0 Å². The lowest BCUT2D eigenvalue weighted by Crippen LogP contribution is -2.53. The number of allylic oxidation sites excluding steroid dienone is 9. The smallest absolute Gasteiger partial charge is 0.225 e. The largest absolute Gasteiger partial charge is 0.469 e. The van der Waals surface area contributed by atoms with Crippen LogP contribution in [0.5, 0.6) is 0 Å². The van der Waals surface area contributed by atoms with Crippen molar-refractivity contribution in [2.24, 2.45) is 98.6 Å². The second-order valence-corrected chi connectivity index (χ2v) is 32.3. The number of nitrogens with zero attached hydrogens (tertiary/aromatic N) is 20. The van der Waals surface area contributed by atoms with Gasteiger partial charge in [0.2, 0.25) is 47.7 Å². The van der Waals surface area contributed by atoms with Gasteiger partial charge in [0, 0.05) is 102 Å². The van der Waals surface area contributed by atoms with E-state index in [2.05, 4.69) is 190 Å². The molecule has 0 spiro atoms. The SMILES string of the molecule is CC1=CCC=C1CCN(C)C1=NC(C)NC(N)=N1.CC1=CCC=C1CCN=C1N=C(N)NC(C)N1.CC1=CCC=C1CCNC1=NC(N(C)C)=NC(C)N1.Cc1cc(CCN(C)C2=NC(C)N=C(N)N2)co1.Cc1cc(CCN=C2NC(N)=NC(C)N2)co1.Cc1occc1CCN(C)C1=NC(C)N=C(N(C)C)N1.Cc1occc1CCN(C)C1=NC(C)N=C(N)N1. The minimum atomic E-state index is -0.126. The molecule has 7 unspecified atom stereocenters. The number of aliphatic imine (C=N–C) groups is 14. The third-order valence-corrected chi connectivity index (χ3v) is 20.7. The Hall–Kier alpha value is -13.3. The van der Waals surface area contributed by atoms with Crippen molar-refractivity contribution >= 4 is 83.4 Å². The molecule has 692 valence electrons. The molecule has 7 aliphatic heterocycles. The van der Waals surface area contributed by atoms with Gasteiger partial charge in [0.15, 0.2) is 35.8 Å². The fraction of sp³-hybridized carbons (Fsp3) is 0.523. The van der Waals surface area contributed by atoms with Crippen molar-refractivity contribution in [3.05, 3.63) is 165 Å². The van der Waals surface area contributed by atoms with Crippen LogP contribution in [0, 0.1) is 27.7 Å². The van der Waals surface area contributed by atoms with Crippen molar-refractivity contribution in [3.63, 3.8) is 0 Å². The normalized spacial score (nSPS) is 21.1. The lowest BCUT2D eigenvalue weighted by atomic mass is 10.1. The van der Waals surface area contributed by atoms with Gasteiger partial charge in [-0.15, -0.1) is 0 Å². The fourth-order valence-electron chi connectivity index (χ4n) is 13.6. The number of aryl methyl sites for hydroxylation is 4. The molecule has 14 rings (SSSR count). The molecule has 39 heteroatoms. The molecule has 0 fully saturated rings. The lowest BCUT2D eigenvalue weighted by molar-refractivity contribution is 0.471. The summed E-state index contributed by atoms with van der Waals surface area (Å²) in [6.45, 7) is 33.7. The summed E-state index contributed by atoms with van der Waals surface area (Å²) < 4.78 is 21.1. The summed E-state index contributed by atoms with van der Waals surface area (Å²) in [5.41, 5.74) is 41.5. The number of rotatable bonds is 21. The van der Waals surface area contributed by atoms with Crippen LogP contribution in [0.4, 0.5) is 0 Å². The zero-order valence-electron chi connectivity index (χ0n) is 78.6. The van der Waals surface area contributed by atoms with Crippen molar-refractivity contribution < 1.29 is 17.7 Å². The Kier molecular flexibility index (Phi) is 38.6. The number of guanidine groups is 14. The molecule has 3 aliphatic carbocycles. The van der Waals surface area contributed by atoms with Crippen LogP contribution in [0.1, 0.15) is 153 Å². The van der Waals surface area contributed by atoms with Crippen molar-refractivity contribution in [2.75, 3.05) is 102 Å². The summed E-state index contributed by atoms with van der Waals surface area (Å²) in [7, 11) is 15.8. The Morgan fingerprint density at radius 2 is 0.858 bits per heavy atom. The average molecular weight is 1750 g/mol. The van der Waals surface area contributed by atoms with Gasteiger partial charge in [-0.25, -0.2) is 44.9 Å². The first-order valence-electron chi connectivity index (χ1n) is 43.4. The van der Waals surface area contributed by atoms with E-state index in [9.17, 15) is 0 Å². The number of nitrogens with two attached hydrogens (primary N) is 5. The van der Waals surface area contributed by atoms with E-state index in [-0.39, 0.29) is 43.2 Å². The predicted molar refractivity (Wildman–Crippen MR) is 517 cm³/mol. The summed E-state index contributed by atoms with van der Waals surface area (Å²) in [6.07, 6.45) is 30.2. The average Bonchev–Trinajstić information content (AvgIpc) is 1.25. The highest BCUT2D eigenvalue weighted by Gasteiger charge is 2.23.